The van der Waals surface area contributed by atoms with Crippen molar-refractivity contribution >= 4 is 39.9 Å². The molecule has 1 N–H and O–H groups in total. The molecule has 5 rings (SSSR count). The Kier molecular flexibility index (Phi) is 8.69. The van der Waals surface area contributed by atoms with Gasteiger partial charge in [0, 0.05) is 5.56 Å². The molecule has 3 aromatic carbocycles. The number of ether oxygens (including phenoxy) is 2. The highest BCUT2D eigenvalue weighted by atomic mass is 32.1. The lowest BCUT2D eigenvalue weighted by Gasteiger charge is -2.24. The Morgan fingerprint density at radius 3 is 2.25 bits per heavy atom. The average Bonchev–Trinajstić information content (AvgIpc) is 3.52. The van der Waals surface area contributed by atoms with Crippen LogP contribution in [0, 0.1) is 6.92 Å². The van der Waals surface area contributed by atoms with Gasteiger partial charge in [0.1, 0.15) is 23.0 Å². The fourth-order valence-corrected chi connectivity index (χ4v) is 5.97. The smallest absolute Gasteiger partial charge is 0.350 e. The standard InChI is InChI=1S/C35H34N2O6S/c1-6-42-33(41)31-21(2)36-34(44-31)37-28(23-12-16-25(17-13-23)35(3,4)5)27(30(39)32(37)40)29(38)24-14-18-26(19-15-24)43-20-22-10-8-7-9-11-22/h7-19,28,38H,6,20H2,1-5H3/b29-27+. The molecule has 0 aliphatic carbocycles. The number of hydrogen-bond acceptors (Lipinski definition) is 8. The van der Waals surface area contributed by atoms with Gasteiger partial charge in [-0.15, -0.1) is 0 Å². The number of aromatic nitrogens is 1. The third kappa shape index (κ3) is 6.14. The fourth-order valence-electron chi connectivity index (χ4n) is 4.99. The first-order valence-corrected chi connectivity index (χ1v) is 15.1. The van der Waals surface area contributed by atoms with Crippen molar-refractivity contribution in [2.24, 2.45) is 0 Å². The zero-order valence-corrected chi connectivity index (χ0v) is 26.1. The monoisotopic (exact) mass is 610 g/mol. The molecule has 0 radical (unpaired) electrons. The summed E-state index contributed by atoms with van der Waals surface area (Å²) < 4.78 is 11.0. The van der Waals surface area contributed by atoms with Crippen molar-refractivity contribution in [2.45, 2.75) is 52.7 Å². The van der Waals surface area contributed by atoms with Crippen molar-refractivity contribution in [2.75, 3.05) is 11.5 Å². The molecule has 9 heteroatoms. The van der Waals surface area contributed by atoms with Gasteiger partial charge in [-0.1, -0.05) is 86.7 Å². The number of thiazole rings is 1. The van der Waals surface area contributed by atoms with Crippen LogP contribution >= 0.6 is 11.3 Å². The van der Waals surface area contributed by atoms with E-state index in [1.54, 1.807) is 38.1 Å². The molecule has 1 unspecified atom stereocenters. The van der Waals surface area contributed by atoms with Gasteiger partial charge in [0.05, 0.1) is 23.9 Å². The Morgan fingerprint density at radius 1 is 0.977 bits per heavy atom. The number of esters is 1. The van der Waals surface area contributed by atoms with Crippen LogP contribution in [-0.2, 0) is 26.3 Å². The van der Waals surface area contributed by atoms with E-state index in [0.29, 0.717) is 29.2 Å². The minimum Gasteiger partial charge on any atom is -0.507 e. The molecule has 44 heavy (non-hydrogen) atoms. The van der Waals surface area contributed by atoms with Crippen LogP contribution in [0.4, 0.5) is 5.13 Å². The van der Waals surface area contributed by atoms with Gasteiger partial charge in [0.25, 0.3) is 5.78 Å². The van der Waals surface area contributed by atoms with E-state index < -0.39 is 23.7 Å². The minimum atomic E-state index is -0.973. The molecule has 2 heterocycles. The van der Waals surface area contributed by atoms with Crippen LogP contribution in [-0.4, -0.2) is 34.4 Å². The Hall–Kier alpha value is -4.76. The predicted octanol–water partition coefficient (Wildman–Crippen LogP) is 7.13. The molecule has 8 nitrogen and oxygen atoms in total. The third-order valence-electron chi connectivity index (χ3n) is 7.37. The van der Waals surface area contributed by atoms with Gasteiger partial charge in [-0.3, -0.25) is 14.5 Å². The number of hydrogen-bond donors (Lipinski definition) is 1. The molecule has 0 saturated carbocycles. The molecule has 1 atom stereocenters. The number of aliphatic hydroxyl groups is 1. The van der Waals surface area contributed by atoms with Gasteiger partial charge in [0.15, 0.2) is 5.13 Å². The Morgan fingerprint density at radius 2 is 1.64 bits per heavy atom. The van der Waals surface area contributed by atoms with Crippen LogP contribution in [0.1, 0.15) is 71.4 Å². The van der Waals surface area contributed by atoms with Crippen LogP contribution in [0.5, 0.6) is 5.75 Å². The molecule has 1 saturated heterocycles. The number of Topliss-reactive ketones (excluding diaryl/α,β-unsaturated/α-hetero) is 1. The maximum absolute atomic E-state index is 13.6. The summed E-state index contributed by atoms with van der Waals surface area (Å²) in [5, 5.41) is 11.7. The van der Waals surface area contributed by atoms with Gasteiger partial charge in [-0.25, -0.2) is 9.78 Å². The fraction of sp³-hybridized carbons (Fsp3) is 0.257. The number of aryl methyl sites for hydroxylation is 1. The van der Waals surface area contributed by atoms with Crippen LogP contribution < -0.4 is 9.64 Å². The van der Waals surface area contributed by atoms with E-state index in [0.717, 1.165) is 22.5 Å². The van der Waals surface area contributed by atoms with Gasteiger partial charge < -0.3 is 14.6 Å². The molecule has 1 fully saturated rings. The molecule has 4 aromatic rings. The summed E-state index contributed by atoms with van der Waals surface area (Å²) in [6.07, 6.45) is 0. The second-order valence-electron chi connectivity index (χ2n) is 11.5. The number of benzene rings is 3. The normalized spacial score (nSPS) is 16.3. The molecule has 0 spiro atoms. The largest absolute Gasteiger partial charge is 0.507 e. The number of aliphatic hydroxyl groups excluding tert-OH is 1. The van der Waals surface area contributed by atoms with Crippen LogP contribution in [0.3, 0.4) is 0 Å². The highest BCUT2D eigenvalue weighted by Crippen LogP contribution is 2.44. The van der Waals surface area contributed by atoms with E-state index in [2.05, 4.69) is 25.8 Å². The maximum Gasteiger partial charge on any atom is 0.350 e. The van der Waals surface area contributed by atoms with E-state index in [4.69, 9.17) is 9.47 Å². The van der Waals surface area contributed by atoms with Crippen molar-refractivity contribution in [3.05, 3.63) is 117 Å². The summed E-state index contributed by atoms with van der Waals surface area (Å²) in [6, 6.07) is 23.1. The van der Waals surface area contributed by atoms with E-state index in [1.165, 1.54) is 4.90 Å². The highest BCUT2D eigenvalue weighted by molar-refractivity contribution is 7.17. The summed E-state index contributed by atoms with van der Waals surface area (Å²) >= 11 is 0.978. The predicted molar refractivity (Wildman–Crippen MR) is 170 cm³/mol. The molecule has 0 bridgehead atoms. The van der Waals surface area contributed by atoms with Crippen molar-refractivity contribution in [1.82, 2.24) is 4.98 Å². The number of amides is 1. The topological polar surface area (TPSA) is 106 Å². The second-order valence-corrected chi connectivity index (χ2v) is 12.4. The van der Waals surface area contributed by atoms with Crippen molar-refractivity contribution in [3.63, 3.8) is 0 Å². The number of rotatable bonds is 8. The molecule has 1 aliphatic rings. The lowest BCUT2D eigenvalue weighted by molar-refractivity contribution is -0.132. The van der Waals surface area contributed by atoms with E-state index >= 15 is 0 Å². The lowest BCUT2D eigenvalue weighted by atomic mass is 9.85. The lowest BCUT2D eigenvalue weighted by Crippen LogP contribution is -2.29. The zero-order valence-electron chi connectivity index (χ0n) is 25.3. The van der Waals surface area contributed by atoms with Crippen molar-refractivity contribution < 1.29 is 29.0 Å². The first-order valence-electron chi connectivity index (χ1n) is 14.3. The van der Waals surface area contributed by atoms with Crippen LogP contribution in [0.25, 0.3) is 5.76 Å². The van der Waals surface area contributed by atoms with Gasteiger partial charge in [0.2, 0.25) is 0 Å². The van der Waals surface area contributed by atoms with E-state index in [9.17, 15) is 19.5 Å². The maximum atomic E-state index is 13.6. The third-order valence-corrected chi connectivity index (χ3v) is 8.50. The van der Waals surface area contributed by atoms with Gasteiger partial charge >= 0.3 is 11.9 Å². The molecular formula is C35H34N2O6S. The molecule has 1 amide bonds. The van der Waals surface area contributed by atoms with Crippen molar-refractivity contribution in [1.29, 1.82) is 0 Å². The first-order chi connectivity index (χ1) is 21.0. The number of anilines is 1. The van der Waals surface area contributed by atoms with Gasteiger partial charge in [-0.05, 0) is 60.2 Å². The Labute approximate surface area is 260 Å². The molecule has 1 aromatic heterocycles. The summed E-state index contributed by atoms with van der Waals surface area (Å²) in [4.78, 5) is 45.8. The Bertz CT molecular complexity index is 1720. The second kappa shape index (κ2) is 12.5. The average molecular weight is 611 g/mol. The van der Waals surface area contributed by atoms with Crippen LogP contribution in [0.2, 0.25) is 0 Å². The molecular weight excluding hydrogens is 576 g/mol. The first kappa shape index (κ1) is 30.7. The summed E-state index contributed by atoms with van der Waals surface area (Å²) in [6.45, 7) is 10.2. The van der Waals surface area contributed by atoms with E-state index in [-0.39, 0.29) is 33.4 Å². The quantitative estimate of drug-likeness (QED) is 0.0979. The van der Waals surface area contributed by atoms with Crippen LogP contribution in [0.15, 0.2) is 84.4 Å². The number of ketones is 1. The SMILES string of the molecule is CCOC(=O)c1sc(N2C(=O)C(=O)/C(=C(/O)c3ccc(OCc4ccccc4)cc3)C2c2ccc(C(C)(C)C)cc2)nc1C. The van der Waals surface area contributed by atoms with E-state index in [1.807, 2.05) is 54.6 Å². The summed E-state index contributed by atoms with van der Waals surface area (Å²) in [7, 11) is 0. The highest BCUT2D eigenvalue weighted by Gasteiger charge is 2.48. The number of nitrogens with zero attached hydrogens (tertiary/aromatic N) is 2. The van der Waals surface area contributed by atoms with Crippen molar-refractivity contribution in [3.8, 4) is 5.75 Å². The zero-order chi connectivity index (χ0) is 31.6. The van der Waals surface area contributed by atoms with Gasteiger partial charge in [-0.2, -0.15) is 0 Å². The summed E-state index contributed by atoms with van der Waals surface area (Å²) in [5.41, 5.74) is 3.26. The minimum absolute atomic E-state index is 0.0676. The number of carbonyl (C=O) groups excluding carboxylic acids is 3. The summed E-state index contributed by atoms with van der Waals surface area (Å²) in [5.74, 6) is -1.97. The molecule has 1 aliphatic heterocycles. The Balaban J connectivity index is 1.56. The molecule has 226 valence electrons. The number of carbonyl (C=O) groups is 3.